The number of ether oxygens (including phenoxy) is 1. The Morgan fingerprint density at radius 3 is 1.82 bits per heavy atom. The predicted octanol–water partition coefficient (Wildman–Crippen LogP) is 10.4. The summed E-state index contributed by atoms with van der Waals surface area (Å²) < 4.78 is 6.92. The Labute approximate surface area is 255 Å². The second-order valence-electron chi connectivity index (χ2n) is 8.90. The van der Waals surface area contributed by atoms with Crippen molar-refractivity contribution in [1.82, 2.24) is 0 Å². The van der Waals surface area contributed by atoms with Crippen LogP contribution >= 0.6 is 57.6 Å². The van der Waals surface area contributed by atoms with Crippen molar-refractivity contribution in [2.24, 2.45) is 0 Å². The van der Waals surface area contributed by atoms with Crippen LogP contribution in [0.5, 0.6) is 5.75 Å². The summed E-state index contributed by atoms with van der Waals surface area (Å²) in [6.45, 7) is 1.57. The van der Waals surface area contributed by atoms with Crippen LogP contribution in [-0.2, 0) is 4.79 Å². The van der Waals surface area contributed by atoms with Gasteiger partial charge in [0, 0.05) is 20.4 Å². The minimum absolute atomic E-state index is 0.351. The van der Waals surface area contributed by atoms with Crippen molar-refractivity contribution in [3.05, 3.63) is 122 Å². The number of carboxylic acid groups (broad SMARTS) is 1. The molecule has 8 heteroatoms. The van der Waals surface area contributed by atoms with Crippen molar-refractivity contribution in [1.29, 1.82) is 0 Å². The second-order valence-corrected chi connectivity index (χ2v) is 13.4. The lowest BCUT2D eigenvalue weighted by Gasteiger charge is -2.12. The summed E-state index contributed by atoms with van der Waals surface area (Å²) >= 11 is 17.2. The molecule has 1 N–H and O–H groups in total. The number of halogens is 2. The molecule has 0 spiro atoms. The summed E-state index contributed by atoms with van der Waals surface area (Å²) in [5.41, 5.74) is 6.60. The van der Waals surface area contributed by atoms with Crippen LogP contribution < -0.4 is 4.74 Å². The highest BCUT2D eigenvalue weighted by molar-refractivity contribution is 7.99. The smallest absolute Gasteiger partial charge is 0.341 e. The maximum atomic E-state index is 10.8. The summed E-state index contributed by atoms with van der Waals surface area (Å²) in [4.78, 5) is 14.2. The summed E-state index contributed by atoms with van der Waals surface area (Å²) in [6.07, 6.45) is 2.25. The van der Waals surface area contributed by atoms with Gasteiger partial charge in [-0.25, -0.2) is 4.79 Å². The summed E-state index contributed by atoms with van der Waals surface area (Å²) in [7, 11) is 0. The van der Waals surface area contributed by atoms with Crippen molar-refractivity contribution >= 4 is 69.2 Å². The summed E-state index contributed by atoms with van der Waals surface area (Å²) in [5.74, 6) is 0.353. The Hall–Kier alpha value is -3.00. The van der Waals surface area contributed by atoms with Gasteiger partial charge in [-0.2, -0.15) is 0 Å². The Morgan fingerprint density at radius 1 is 0.825 bits per heavy atom. The van der Waals surface area contributed by atoms with E-state index < -0.39 is 5.97 Å². The summed E-state index contributed by atoms with van der Waals surface area (Å²) in [6, 6.07) is 30.9. The molecule has 5 rings (SSSR count). The Balaban J connectivity index is 1.39. The maximum Gasteiger partial charge on any atom is 0.341 e. The highest BCUT2D eigenvalue weighted by atomic mass is 35.5. The standard InChI is InChI=1S/C32H24Cl2O3S3/c1-20-18-25(10-11-27(20)37-19-32(35)36)38-17-16-26(21-2-6-23(7-3-21)28-12-14-30(33)39-28)22-4-8-24(9-5-22)29-13-15-31(34)40-29/h2-16,18H,17,19H2,1H3,(H,35,36). The minimum atomic E-state index is -0.991. The zero-order chi connectivity index (χ0) is 28.1. The monoisotopic (exact) mass is 622 g/mol. The van der Waals surface area contributed by atoms with Gasteiger partial charge in [0.15, 0.2) is 6.61 Å². The van der Waals surface area contributed by atoms with Crippen LogP contribution in [0.3, 0.4) is 0 Å². The number of thioether (sulfide) groups is 1. The number of hydrogen-bond donors (Lipinski definition) is 1. The van der Waals surface area contributed by atoms with Gasteiger partial charge in [-0.3, -0.25) is 0 Å². The number of carboxylic acids is 1. The van der Waals surface area contributed by atoms with Crippen LogP contribution in [0.25, 0.3) is 26.5 Å². The third-order valence-corrected chi connectivity index (χ3v) is 9.62. The molecule has 0 fully saturated rings. The third-order valence-electron chi connectivity index (χ3n) is 6.14. The molecule has 0 atom stereocenters. The molecule has 0 radical (unpaired) electrons. The van der Waals surface area contributed by atoms with Gasteiger partial charge < -0.3 is 9.84 Å². The molecule has 0 saturated heterocycles. The van der Waals surface area contributed by atoms with Gasteiger partial charge in [0.2, 0.25) is 0 Å². The SMILES string of the molecule is Cc1cc(SCC=C(c2ccc(-c3ccc(Cl)s3)cc2)c2ccc(-c3ccc(Cl)s3)cc2)ccc1OCC(=O)O. The molecule has 0 aliphatic heterocycles. The molecule has 0 unspecified atom stereocenters. The molecule has 3 nitrogen and oxygen atoms in total. The minimum Gasteiger partial charge on any atom is -0.482 e. The molecule has 5 aromatic rings. The molecular weight excluding hydrogens is 599 g/mol. The molecular formula is C32H24Cl2O3S3. The van der Waals surface area contributed by atoms with Gasteiger partial charge in [0.25, 0.3) is 0 Å². The van der Waals surface area contributed by atoms with E-state index in [0.29, 0.717) is 5.75 Å². The van der Waals surface area contributed by atoms with E-state index in [1.54, 1.807) is 34.4 Å². The van der Waals surface area contributed by atoms with E-state index in [9.17, 15) is 4.79 Å². The normalized spacial score (nSPS) is 10.9. The molecule has 3 aromatic carbocycles. The summed E-state index contributed by atoms with van der Waals surface area (Å²) in [5, 5.41) is 8.88. The zero-order valence-corrected chi connectivity index (χ0v) is 25.4. The molecule has 0 aliphatic rings. The van der Waals surface area contributed by atoms with Gasteiger partial charge in [-0.15, -0.1) is 34.4 Å². The topological polar surface area (TPSA) is 46.5 Å². The molecule has 0 aliphatic carbocycles. The fourth-order valence-corrected chi connectivity index (χ4v) is 7.17. The molecule has 40 heavy (non-hydrogen) atoms. The number of aliphatic carboxylic acids is 1. The Morgan fingerprint density at radius 2 is 1.38 bits per heavy atom. The van der Waals surface area contributed by atoms with Gasteiger partial charge in [0.1, 0.15) is 5.75 Å². The second kappa shape index (κ2) is 13.1. The first-order chi connectivity index (χ1) is 19.4. The molecule has 202 valence electrons. The maximum absolute atomic E-state index is 10.8. The number of benzene rings is 3. The lowest BCUT2D eigenvalue weighted by molar-refractivity contribution is -0.139. The molecule has 2 aromatic heterocycles. The number of rotatable bonds is 10. The number of hydrogen-bond acceptors (Lipinski definition) is 5. The van der Waals surface area contributed by atoms with Gasteiger partial charge >= 0.3 is 5.97 Å². The average molecular weight is 624 g/mol. The van der Waals surface area contributed by atoms with Crippen LogP contribution in [0.1, 0.15) is 16.7 Å². The van der Waals surface area contributed by atoms with E-state index in [0.717, 1.165) is 62.5 Å². The highest BCUT2D eigenvalue weighted by Gasteiger charge is 2.10. The van der Waals surface area contributed by atoms with Crippen molar-refractivity contribution in [2.75, 3.05) is 12.4 Å². The predicted molar refractivity (Wildman–Crippen MR) is 172 cm³/mol. The first-order valence-electron chi connectivity index (χ1n) is 12.4. The van der Waals surface area contributed by atoms with Crippen LogP contribution in [-0.4, -0.2) is 23.4 Å². The van der Waals surface area contributed by atoms with E-state index in [2.05, 4.69) is 54.6 Å². The van der Waals surface area contributed by atoms with E-state index in [1.165, 1.54) is 0 Å². The van der Waals surface area contributed by atoms with E-state index in [-0.39, 0.29) is 6.61 Å². The molecule has 2 heterocycles. The molecule has 0 amide bonds. The van der Waals surface area contributed by atoms with Crippen molar-refractivity contribution < 1.29 is 14.6 Å². The number of carbonyl (C=O) groups is 1. The first kappa shape index (κ1) is 28.5. The molecule has 0 saturated carbocycles. The highest BCUT2D eigenvalue weighted by Crippen LogP contribution is 2.35. The lowest BCUT2D eigenvalue weighted by atomic mass is 9.95. The van der Waals surface area contributed by atoms with Crippen LogP contribution in [0, 0.1) is 6.92 Å². The first-order valence-corrected chi connectivity index (χ1v) is 15.7. The van der Waals surface area contributed by atoms with Crippen molar-refractivity contribution in [2.45, 2.75) is 11.8 Å². The fourth-order valence-electron chi connectivity index (χ4n) is 4.20. The van der Waals surface area contributed by atoms with Crippen molar-refractivity contribution in [3.63, 3.8) is 0 Å². The lowest BCUT2D eigenvalue weighted by Crippen LogP contribution is -2.09. The van der Waals surface area contributed by atoms with Crippen LogP contribution in [0.4, 0.5) is 0 Å². The quantitative estimate of drug-likeness (QED) is 0.157. The van der Waals surface area contributed by atoms with Gasteiger partial charge in [0.05, 0.1) is 8.67 Å². The van der Waals surface area contributed by atoms with E-state index >= 15 is 0 Å². The largest absolute Gasteiger partial charge is 0.482 e. The van der Waals surface area contributed by atoms with E-state index in [4.69, 9.17) is 33.0 Å². The zero-order valence-electron chi connectivity index (χ0n) is 21.4. The average Bonchev–Trinajstić information content (AvgIpc) is 3.59. The van der Waals surface area contributed by atoms with Gasteiger partial charge in [-0.1, -0.05) is 77.8 Å². The third kappa shape index (κ3) is 7.19. The molecule has 0 bridgehead atoms. The Kier molecular flexibility index (Phi) is 9.35. The Bertz CT molecular complexity index is 1570. The number of thiophene rings is 2. The fraction of sp³-hybridized carbons (Fsp3) is 0.0938. The van der Waals surface area contributed by atoms with Gasteiger partial charge in [-0.05, 0) is 82.8 Å². The van der Waals surface area contributed by atoms with Crippen molar-refractivity contribution in [3.8, 4) is 26.6 Å². The van der Waals surface area contributed by atoms with E-state index in [1.807, 2.05) is 49.4 Å². The van der Waals surface area contributed by atoms with Crippen LogP contribution in [0.15, 0.2) is 102 Å². The van der Waals surface area contributed by atoms with Crippen LogP contribution in [0.2, 0.25) is 8.67 Å². The number of aryl methyl sites for hydroxylation is 1.